The van der Waals surface area contributed by atoms with E-state index in [-0.39, 0.29) is 12.4 Å². The number of benzene rings is 2. The lowest BCUT2D eigenvalue weighted by molar-refractivity contribution is 0.300. The Kier molecular flexibility index (Phi) is 4.64. The number of hydrogen-bond acceptors (Lipinski definition) is 2. The van der Waals surface area contributed by atoms with Gasteiger partial charge in [0.05, 0.1) is 0 Å². The van der Waals surface area contributed by atoms with Crippen molar-refractivity contribution in [2.75, 3.05) is 0 Å². The lowest BCUT2D eigenvalue weighted by atomic mass is 10.1. The fourth-order valence-corrected chi connectivity index (χ4v) is 2.14. The lowest BCUT2D eigenvalue weighted by Gasteiger charge is -2.09. The standard InChI is InChI=1S/C14H12Cl2FNO/c15-11-4-12(16)6-13(5-11)19-8-10-3-9(7-18)1-2-14(10)17/h1-6H,7-8,18H2. The van der Waals surface area contributed by atoms with Crippen LogP contribution in [0.3, 0.4) is 0 Å². The van der Waals surface area contributed by atoms with Gasteiger partial charge in [-0.25, -0.2) is 4.39 Å². The SMILES string of the molecule is NCc1ccc(F)c(COc2cc(Cl)cc(Cl)c2)c1. The molecule has 0 unspecified atom stereocenters. The maximum absolute atomic E-state index is 13.6. The molecule has 2 nitrogen and oxygen atoms in total. The first-order valence-corrected chi connectivity index (χ1v) is 6.40. The fraction of sp³-hybridized carbons (Fsp3) is 0.143. The highest BCUT2D eigenvalue weighted by atomic mass is 35.5. The van der Waals surface area contributed by atoms with Crippen LogP contribution in [-0.2, 0) is 13.2 Å². The van der Waals surface area contributed by atoms with Crippen LogP contribution in [0.2, 0.25) is 10.0 Å². The molecule has 0 radical (unpaired) electrons. The van der Waals surface area contributed by atoms with Crippen molar-refractivity contribution < 1.29 is 9.13 Å². The summed E-state index contributed by atoms with van der Waals surface area (Å²) >= 11 is 11.7. The van der Waals surface area contributed by atoms with Crippen molar-refractivity contribution in [1.29, 1.82) is 0 Å². The van der Waals surface area contributed by atoms with Gasteiger partial charge >= 0.3 is 0 Å². The average Bonchev–Trinajstić information content (AvgIpc) is 2.37. The van der Waals surface area contributed by atoms with Crippen molar-refractivity contribution in [1.82, 2.24) is 0 Å². The second kappa shape index (κ2) is 6.24. The molecule has 2 rings (SSSR count). The van der Waals surface area contributed by atoms with Crippen molar-refractivity contribution in [2.24, 2.45) is 5.73 Å². The van der Waals surface area contributed by atoms with E-state index >= 15 is 0 Å². The van der Waals surface area contributed by atoms with E-state index in [4.69, 9.17) is 33.7 Å². The Balaban J connectivity index is 2.13. The van der Waals surface area contributed by atoms with E-state index in [1.807, 2.05) is 0 Å². The van der Waals surface area contributed by atoms with Gasteiger partial charge in [-0.2, -0.15) is 0 Å². The van der Waals surface area contributed by atoms with E-state index in [0.29, 0.717) is 27.9 Å². The Morgan fingerprint density at radius 3 is 2.37 bits per heavy atom. The minimum atomic E-state index is -0.328. The predicted octanol–water partition coefficient (Wildman–Crippen LogP) is 4.17. The maximum atomic E-state index is 13.6. The molecule has 0 atom stereocenters. The summed E-state index contributed by atoms with van der Waals surface area (Å²) in [5.74, 6) is 0.167. The molecule has 0 saturated heterocycles. The van der Waals surface area contributed by atoms with Crippen molar-refractivity contribution in [3.8, 4) is 5.75 Å². The molecule has 2 aromatic rings. The number of hydrogen-bond donors (Lipinski definition) is 1. The molecule has 0 amide bonds. The molecule has 0 aliphatic carbocycles. The predicted molar refractivity (Wildman–Crippen MR) is 75.1 cm³/mol. The third kappa shape index (κ3) is 3.83. The third-order valence-electron chi connectivity index (χ3n) is 2.58. The average molecular weight is 300 g/mol. The van der Waals surface area contributed by atoms with Gasteiger partial charge in [-0.3, -0.25) is 0 Å². The minimum Gasteiger partial charge on any atom is -0.489 e. The molecular formula is C14H12Cl2FNO. The Hall–Kier alpha value is -1.29. The number of rotatable bonds is 4. The summed E-state index contributed by atoms with van der Waals surface area (Å²) in [5.41, 5.74) is 6.81. The molecule has 0 aliphatic heterocycles. The normalized spacial score (nSPS) is 10.5. The smallest absolute Gasteiger partial charge is 0.129 e. The summed E-state index contributed by atoms with van der Waals surface area (Å²) in [7, 11) is 0. The molecule has 0 saturated carbocycles. The quantitative estimate of drug-likeness (QED) is 0.919. The highest BCUT2D eigenvalue weighted by molar-refractivity contribution is 6.34. The highest BCUT2D eigenvalue weighted by Gasteiger charge is 2.05. The lowest BCUT2D eigenvalue weighted by Crippen LogP contribution is -2.02. The van der Waals surface area contributed by atoms with Crippen LogP contribution in [0.4, 0.5) is 4.39 Å². The van der Waals surface area contributed by atoms with E-state index in [0.717, 1.165) is 5.56 Å². The van der Waals surface area contributed by atoms with Crippen LogP contribution in [0.15, 0.2) is 36.4 Å². The Morgan fingerprint density at radius 1 is 1.05 bits per heavy atom. The topological polar surface area (TPSA) is 35.2 Å². The van der Waals surface area contributed by atoms with Crippen LogP contribution in [0.5, 0.6) is 5.75 Å². The molecule has 0 bridgehead atoms. The first-order chi connectivity index (χ1) is 9.08. The summed E-state index contributed by atoms with van der Waals surface area (Å²) in [6.07, 6.45) is 0. The van der Waals surface area contributed by atoms with Gasteiger partial charge in [-0.1, -0.05) is 29.3 Å². The van der Waals surface area contributed by atoms with Crippen molar-refractivity contribution >= 4 is 23.2 Å². The molecule has 0 aromatic heterocycles. The number of nitrogens with two attached hydrogens (primary N) is 1. The molecule has 2 N–H and O–H groups in total. The van der Waals surface area contributed by atoms with E-state index in [1.165, 1.54) is 6.07 Å². The van der Waals surface area contributed by atoms with Gasteiger partial charge in [0, 0.05) is 22.2 Å². The Bertz CT molecular complexity index is 569. The van der Waals surface area contributed by atoms with Gasteiger partial charge in [0.15, 0.2) is 0 Å². The van der Waals surface area contributed by atoms with E-state index < -0.39 is 0 Å². The van der Waals surface area contributed by atoms with Gasteiger partial charge in [-0.05, 0) is 35.9 Å². The zero-order valence-electron chi connectivity index (χ0n) is 10.00. The van der Waals surface area contributed by atoms with Crippen molar-refractivity contribution in [2.45, 2.75) is 13.2 Å². The maximum Gasteiger partial charge on any atom is 0.129 e. The molecule has 0 spiro atoms. The Morgan fingerprint density at radius 2 is 1.74 bits per heavy atom. The molecule has 100 valence electrons. The monoisotopic (exact) mass is 299 g/mol. The molecule has 0 fully saturated rings. The molecule has 5 heteroatoms. The van der Waals surface area contributed by atoms with Crippen LogP contribution in [-0.4, -0.2) is 0 Å². The zero-order valence-corrected chi connectivity index (χ0v) is 11.5. The van der Waals surface area contributed by atoms with Gasteiger partial charge in [0.2, 0.25) is 0 Å². The van der Waals surface area contributed by atoms with Gasteiger partial charge in [-0.15, -0.1) is 0 Å². The number of ether oxygens (including phenoxy) is 1. The first-order valence-electron chi connectivity index (χ1n) is 5.65. The molecule has 2 aromatic carbocycles. The summed E-state index contributed by atoms with van der Waals surface area (Å²) in [4.78, 5) is 0. The third-order valence-corrected chi connectivity index (χ3v) is 3.01. The molecule has 0 heterocycles. The Labute approximate surface area is 120 Å². The van der Waals surface area contributed by atoms with Gasteiger partial charge < -0.3 is 10.5 Å². The largest absolute Gasteiger partial charge is 0.489 e. The second-order valence-corrected chi connectivity index (χ2v) is 4.90. The number of halogens is 3. The van der Waals surface area contributed by atoms with Crippen LogP contribution in [0.1, 0.15) is 11.1 Å². The van der Waals surface area contributed by atoms with Gasteiger partial charge in [0.1, 0.15) is 18.2 Å². The summed E-state index contributed by atoms with van der Waals surface area (Å²) in [5, 5.41) is 0.942. The summed E-state index contributed by atoms with van der Waals surface area (Å²) in [6, 6.07) is 9.56. The summed E-state index contributed by atoms with van der Waals surface area (Å²) < 4.78 is 19.1. The summed E-state index contributed by atoms with van der Waals surface area (Å²) in [6.45, 7) is 0.451. The highest BCUT2D eigenvalue weighted by Crippen LogP contribution is 2.25. The second-order valence-electron chi connectivity index (χ2n) is 4.02. The first kappa shape index (κ1) is 14.1. The van der Waals surface area contributed by atoms with Crippen molar-refractivity contribution in [3.63, 3.8) is 0 Å². The van der Waals surface area contributed by atoms with Crippen LogP contribution >= 0.6 is 23.2 Å². The molecule has 0 aliphatic rings. The van der Waals surface area contributed by atoms with Crippen LogP contribution in [0.25, 0.3) is 0 Å². The molecular weight excluding hydrogens is 288 g/mol. The van der Waals surface area contributed by atoms with Gasteiger partial charge in [0.25, 0.3) is 0 Å². The zero-order chi connectivity index (χ0) is 13.8. The van der Waals surface area contributed by atoms with Crippen LogP contribution in [0, 0.1) is 5.82 Å². The van der Waals surface area contributed by atoms with E-state index in [2.05, 4.69) is 0 Å². The van der Waals surface area contributed by atoms with Crippen LogP contribution < -0.4 is 10.5 Å². The van der Waals surface area contributed by atoms with E-state index in [9.17, 15) is 4.39 Å². The van der Waals surface area contributed by atoms with Crippen molar-refractivity contribution in [3.05, 3.63) is 63.4 Å². The minimum absolute atomic E-state index is 0.0936. The fourth-order valence-electron chi connectivity index (χ4n) is 1.64. The molecule has 19 heavy (non-hydrogen) atoms. The van der Waals surface area contributed by atoms with E-state index in [1.54, 1.807) is 30.3 Å².